The first-order valence-corrected chi connectivity index (χ1v) is 6.82. The summed E-state index contributed by atoms with van der Waals surface area (Å²) in [5.41, 5.74) is 0. The third-order valence-corrected chi connectivity index (χ3v) is 3.76. The lowest BCUT2D eigenvalue weighted by molar-refractivity contribution is -0.133. The van der Waals surface area contributed by atoms with Crippen LogP contribution >= 0.6 is 11.8 Å². The van der Waals surface area contributed by atoms with Gasteiger partial charge in [0.1, 0.15) is 0 Å². The summed E-state index contributed by atoms with van der Waals surface area (Å²) in [5, 5.41) is 11.4. The van der Waals surface area contributed by atoms with Gasteiger partial charge in [-0.15, -0.1) is 11.8 Å². The van der Waals surface area contributed by atoms with E-state index in [2.05, 4.69) is 12.2 Å². The number of hydrogen-bond donors (Lipinski definition) is 2. The van der Waals surface area contributed by atoms with Crippen molar-refractivity contribution in [1.29, 1.82) is 0 Å². The zero-order chi connectivity index (χ0) is 12.0. The first-order chi connectivity index (χ1) is 7.58. The molecule has 0 heterocycles. The first kappa shape index (κ1) is 13.4. The lowest BCUT2D eigenvalue weighted by Gasteiger charge is -2.26. The van der Waals surface area contributed by atoms with Crippen LogP contribution < -0.4 is 5.32 Å². The van der Waals surface area contributed by atoms with Gasteiger partial charge in [-0.1, -0.05) is 6.92 Å². The van der Waals surface area contributed by atoms with Crippen molar-refractivity contribution in [2.24, 2.45) is 5.92 Å². The summed E-state index contributed by atoms with van der Waals surface area (Å²) in [6, 6.07) is 0.300. The van der Waals surface area contributed by atoms with Gasteiger partial charge in [0.2, 0.25) is 5.91 Å². The minimum atomic E-state index is -0.871. The Morgan fingerprint density at radius 2 is 1.88 bits per heavy atom. The largest absolute Gasteiger partial charge is 0.481 e. The molecule has 92 valence electrons. The van der Waals surface area contributed by atoms with Crippen molar-refractivity contribution in [3.63, 3.8) is 0 Å². The molecule has 0 atom stereocenters. The summed E-state index contributed by atoms with van der Waals surface area (Å²) in [6.45, 7) is 2.24. The smallest absolute Gasteiger partial charge is 0.313 e. The monoisotopic (exact) mass is 245 g/mol. The number of carboxylic acids is 1. The molecule has 5 heteroatoms. The Labute approximate surface area is 100 Å². The maximum absolute atomic E-state index is 11.4. The van der Waals surface area contributed by atoms with E-state index in [1.807, 2.05) is 0 Å². The van der Waals surface area contributed by atoms with Crippen molar-refractivity contribution in [2.45, 2.75) is 38.6 Å². The number of rotatable bonds is 5. The van der Waals surface area contributed by atoms with Gasteiger partial charge in [0.15, 0.2) is 0 Å². The highest BCUT2D eigenvalue weighted by atomic mass is 32.2. The Hall–Kier alpha value is -0.710. The molecule has 16 heavy (non-hydrogen) atoms. The summed E-state index contributed by atoms with van der Waals surface area (Å²) < 4.78 is 0. The van der Waals surface area contributed by atoms with Crippen LogP contribution in [0.5, 0.6) is 0 Å². The summed E-state index contributed by atoms with van der Waals surface area (Å²) >= 11 is 1.15. The first-order valence-electron chi connectivity index (χ1n) is 5.67. The van der Waals surface area contributed by atoms with Crippen LogP contribution in [0.25, 0.3) is 0 Å². The molecule has 0 saturated heterocycles. The Kier molecular flexibility index (Phi) is 5.66. The number of aliphatic carboxylic acids is 1. The van der Waals surface area contributed by atoms with Crippen LogP contribution in [0, 0.1) is 5.92 Å². The van der Waals surface area contributed by atoms with Crippen LogP contribution in [0.4, 0.5) is 0 Å². The fourth-order valence-corrected chi connectivity index (χ4v) is 2.45. The zero-order valence-corrected chi connectivity index (χ0v) is 10.4. The number of hydrogen-bond acceptors (Lipinski definition) is 3. The Morgan fingerprint density at radius 1 is 1.25 bits per heavy atom. The third kappa shape index (κ3) is 5.39. The number of carbonyl (C=O) groups excluding carboxylic acids is 1. The molecule has 2 N–H and O–H groups in total. The number of carbonyl (C=O) groups is 2. The fourth-order valence-electron chi connectivity index (χ4n) is 1.90. The van der Waals surface area contributed by atoms with Crippen LogP contribution in [0.3, 0.4) is 0 Å². The molecule has 0 bridgehead atoms. The lowest BCUT2D eigenvalue weighted by atomic mass is 9.87. The molecule has 4 nitrogen and oxygen atoms in total. The van der Waals surface area contributed by atoms with Gasteiger partial charge in [0.05, 0.1) is 11.5 Å². The van der Waals surface area contributed by atoms with E-state index < -0.39 is 5.97 Å². The van der Waals surface area contributed by atoms with Gasteiger partial charge < -0.3 is 10.4 Å². The van der Waals surface area contributed by atoms with E-state index in [1.54, 1.807) is 0 Å². The summed E-state index contributed by atoms with van der Waals surface area (Å²) in [4.78, 5) is 21.7. The number of nitrogens with one attached hydrogen (secondary N) is 1. The maximum atomic E-state index is 11.4. The summed E-state index contributed by atoms with van der Waals surface area (Å²) in [6.07, 6.45) is 4.45. The molecular weight excluding hydrogens is 226 g/mol. The number of amides is 1. The molecule has 1 rings (SSSR count). The van der Waals surface area contributed by atoms with Gasteiger partial charge in [-0.25, -0.2) is 0 Å². The lowest BCUT2D eigenvalue weighted by Crippen LogP contribution is -2.38. The standard InChI is InChI=1S/C11H19NO3S/c1-8-2-4-9(5-3-8)12-10(13)6-16-7-11(14)15/h8-9H,2-7H2,1H3,(H,12,13)(H,14,15). The second-order valence-electron chi connectivity index (χ2n) is 4.41. The van der Waals surface area contributed by atoms with Crippen LogP contribution in [0.15, 0.2) is 0 Å². The van der Waals surface area contributed by atoms with Gasteiger partial charge in [0, 0.05) is 6.04 Å². The number of thioether (sulfide) groups is 1. The molecule has 1 amide bonds. The van der Waals surface area contributed by atoms with Gasteiger partial charge in [-0.2, -0.15) is 0 Å². The SMILES string of the molecule is CC1CCC(NC(=O)CSCC(=O)O)CC1. The average Bonchev–Trinajstić information content (AvgIpc) is 2.21. The highest BCUT2D eigenvalue weighted by molar-refractivity contribution is 8.00. The van der Waals surface area contributed by atoms with Crippen molar-refractivity contribution in [1.82, 2.24) is 5.32 Å². The molecule has 0 aromatic carbocycles. The Bertz CT molecular complexity index is 250. The van der Waals surface area contributed by atoms with Crippen molar-refractivity contribution < 1.29 is 14.7 Å². The molecule has 1 saturated carbocycles. The fraction of sp³-hybridized carbons (Fsp3) is 0.818. The van der Waals surface area contributed by atoms with E-state index in [1.165, 1.54) is 12.8 Å². The van der Waals surface area contributed by atoms with Crippen molar-refractivity contribution in [2.75, 3.05) is 11.5 Å². The highest BCUT2D eigenvalue weighted by Crippen LogP contribution is 2.23. The zero-order valence-electron chi connectivity index (χ0n) is 9.57. The molecule has 1 aliphatic carbocycles. The van der Waals surface area contributed by atoms with E-state index in [4.69, 9.17) is 5.11 Å². The van der Waals surface area contributed by atoms with Crippen LogP contribution in [-0.4, -0.2) is 34.5 Å². The minimum Gasteiger partial charge on any atom is -0.481 e. The predicted molar refractivity (Wildman–Crippen MR) is 64.5 cm³/mol. The average molecular weight is 245 g/mol. The van der Waals surface area contributed by atoms with Crippen molar-refractivity contribution in [3.8, 4) is 0 Å². The third-order valence-electron chi connectivity index (χ3n) is 2.84. The molecule has 0 aliphatic heterocycles. The summed E-state index contributed by atoms with van der Waals surface area (Å²) in [7, 11) is 0. The van der Waals surface area contributed by atoms with Crippen LogP contribution in [0.1, 0.15) is 32.6 Å². The normalized spacial score (nSPS) is 25.1. The highest BCUT2D eigenvalue weighted by Gasteiger charge is 2.19. The molecular formula is C11H19NO3S. The van der Waals surface area contributed by atoms with Crippen molar-refractivity contribution in [3.05, 3.63) is 0 Å². The van der Waals surface area contributed by atoms with E-state index >= 15 is 0 Å². The topological polar surface area (TPSA) is 66.4 Å². The van der Waals surface area contributed by atoms with Gasteiger partial charge in [-0.3, -0.25) is 9.59 Å². The minimum absolute atomic E-state index is 0.00484. The Balaban J connectivity index is 2.11. The molecule has 1 fully saturated rings. The second kappa shape index (κ2) is 6.78. The number of carboxylic acid groups (broad SMARTS) is 1. The molecule has 0 radical (unpaired) electrons. The van der Waals surface area contributed by atoms with E-state index in [9.17, 15) is 9.59 Å². The van der Waals surface area contributed by atoms with E-state index in [0.29, 0.717) is 6.04 Å². The Morgan fingerprint density at radius 3 is 2.44 bits per heavy atom. The van der Waals surface area contributed by atoms with Gasteiger partial charge >= 0.3 is 5.97 Å². The molecule has 0 aromatic heterocycles. The van der Waals surface area contributed by atoms with Gasteiger partial charge in [-0.05, 0) is 31.6 Å². The van der Waals surface area contributed by atoms with Gasteiger partial charge in [0.25, 0.3) is 0 Å². The second-order valence-corrected chi connectivity index (χ2v) is 5.40. The predicted octanol–water partition coefficient (Wildman–Crippen LogP) is 1.50. The quantitative estimate of drug-likeness (QED) is 0.770. The summed E-state index contributed by atoms with van der Waals surface area (Å²) in [5.74, 6) is 0.109. The van der Waals surface area contributed by atoms with Crippen LogP contribution in [0.2, 0.25) is 0 Å². The van der Waals surface area contributed by atoms with Crippen LogP contribution in [-0.2, 0) is 9.59 Å². The van der Waals surface area contributed by atoms with Crippen molar-refractivity contribution >= 4 is 23.6 Å². The molecule has 0 spiro atoms. The molecule has 0 aromatic rings. The van der Waals surface area contributed by atoms with E-state index in [0.717, 1.165) is 30.5 Å². The maximum Gasteiger partial charge on any atom is 0.313 e. The molecule has 1 aliphatic rings. The van der Waals surface area contributed by atoms with E-state index in [-0.39, 0.29) is 17.4 Å². The molecule has 0 unspecified atom stereocenters.